The maximum Gasteiger partial charge on any atom is 0.330 e. The average molecular weight is 540 g/mol. The molecule has 3 aromatic carbocycles. The Bertz CT molecular complexity index is 1590. The fraction of sp³-hybridized carbons (Fsp3) is 0.267. The molecule has 204 valence electrons. The third kappa shape index (κ3) is 5.03. The molecule has 5 rings (SSSR count). The molecular formula is C30H29N5O5. The van der Waals surface area contributed by atoms with E-state index in [1.54, 1.807) is 14.0 Å². The van der Waals surface area contributed by atoms with E-state index in [9.17, 15) is 15.1 Å². The van der Waals surface area contributed by atoms with Crippen molar-refractivity contribution in [2.24, 2.45) is 5.11 Å². The topological polar surface area (TPSA) is 131 Å². The summed E-state index contributed by atoms with van der Waals surface area (Å²) in [6.07, 6.45) is 0.264. The summed E-state index contributed by atoms with van der Waals surface area (Å²) in [7, 11) is 1.62. The van der Waals surface area contributed by atoms with Crippen molar-refractivity contribution in [2.45, 2.75) is 37.3 Å². The molecule has 1 unspecified atom stereocenters. The summed E-state index contributed by atoms with van der Waals surface area (Å²) in [6.45, 7) is 1.63. The SMILES string of the molecule is COc1ccccc1C(OC[C@H]1O[C@@H](n2cc(C)c(=O)[nH]c2=O)CC1N=[N+]=[N-])(c1ccccc1)c1ccccc1. The highest BCUT2D eigenvalue weighted by molar-refractivity contribution is 5.52. The number of hydrogen-bond acceptors (Lipinski definition) is 6. The van der Waals surface area contributed by atoms with E-state index in [-0.39, 0.29) is 13.0 Å². The van der Waals surface area contributed by atoms with Gasteiger partial charge < -0.3 is 14.2 Å². The Morgan fingerprint density at radius 2 is 1.65 bits per heavy atom. The zero-order valence-electron chi connectivity index (χ0n) is 22.1. The van der Waals surface area contributed by atoms with Gasteiger partial charge in [0.15, 0.2) is 0 Å². The van der Waals surface area contributed by atoms with E-state index in [0.29, 0.717) is 11.3 Å². The van der Waals surface area contributed by atoms with Crippen molar-refractivity contribution in [3.05, 3.63) is 145 Å². The van der Waals surface area contributed by atoms with Crippen LogP contribution in [0, 0.1) is 6.92 Å². The quantitative estimate of drug-likeness (QED) is 0.141. The molecule has 1 aliphatic rings. The van der Waals surface area contributed by atoms with Gasteiger partial charge in [-0.05, 0) is 29.6 Å². The van der Waals surface area contributed by atoms with Crippen LogP contribution in [0.15, 0.2) is 106 Å². The predicted molar refractivity (Wildman–Crippen MR) is 149 cm³/mol. The second kappa shape index (κ2) is 11.6. The van der Waals surface area contributed by atoms with Crippen LogP contribution in [-0.4, -0.2) is 35.4 Å². The Balaban J connectivity index is 1.58. The van der Waals surface area contributed by atoms with Crippen LogP contribution < -0.4 is 16.0 Å². The standard InChI is InChI=1S/C30H29N5O5/c1-20-18-35(29(37)32-28(20)36)27-17-24(33-34-31)26(40-27)19-39-30(21-11-5-3-6-12-21,22-13-7-4-8-14-22)23-15-9-10-16-25(23)38-2/h3-16,18,24,26-27H,17,19H2,1-2H3,(H,32,36,37)/t24?,26-,27-/m1/s1. The van der Waals surface area contributed by atoms with E-state index in [1.807, 2.05) is 84.9 Å². The molecule has 0 amide bonds. The fourth-order valence-electron chi connectivity index (χ4n) is 5.23. The van der Waals surface area contributed by atoms with Crippen LogP contribution in [0.3, 0.4) is 0 Å². The molecule has 1 N–H and O–H groups in total. The van der Waals surface area contributed by atoms with Crippen LogP contribution in [0.5, 0.6) is 5.75 Å². The molecule has 40 heavy (non-hydrogen) atoms. The van der Waals surface area contributed by atoms with E-state index in [4.69, 9.17) is 14.2 Å². The largest absolute Gasteiger partial charge is 0.496 e. The zero-order valence-corrected chi connectivity index (χ0v) is 22.1. The Morgan fingerprint density at radius 3 is 2.27 bits per heavy atom. The Hall–Kier alpha value is -4.63. The third-order valence-corrected chi connectivity index (χ3v) is 7.17. The van der Waals surface area contributed by atoms with Crippen LogP contribution in [0.25, 0.3) is 10.4 Å². The lowest BCUT2D eigenvalue weighted by molar-refractivity contribution is -0.0801. The van der Waals surface area contributed by atoms with Gasteiger partial charge in [0.2, 0.25) is 0 Å². The molecule has 10 nitrogen and oxygen atoms in total. The van der Waals surface area contributed by atoms with Crippen molar-refractivity contribution in [2.75, 3.05) is 13.7 Å². The number of methoxy groups -OCH3 is 1. The number of aryl methyl sites for hydroxylation is 1. The minimum absolute atomic E-state index is 0.0269. The second-order valence-corrected chi connectivity index (χ2v) is 9.54. The molecule has 1 aliphatic heterocycles. The highest BCUT2D eigenvalue weighted by Crippen LogP contribution is 2.45. The first-order chi connectivity index (χ1) is 19.5. The summed E-state index contributed by atoms with van der Waals surface area (Å²) in [5, 5.41) is 3.97. The monoisotopic (exact) mass is 539 g/mol. The molecule has 3 atom stereocenters. The first-order valence-corrected chi connectivity index (χ1v) is 12.9. The van der Waals surface area contributed by atoms with Crippen LogP contribution in [0.4, 0.5) is 0 Å². The number of hydrogen-bond donors (Lipinski definition) is 1. The summed E-state index contributed by atoms with van der Waals surface area (Å²) < 4.78 is 20.3. The highest BCUT2D eigenvalue weighted by Gasteiger charge is 2.43. The number of para-hydroxylation sites is 1. The van der Waals surface area contributed by atoms with Gasteiger partial charge in [0, 0.05) is 28.7 Å². The maximum atomic E-state index is 12.6. The summed E-state index contributed by atoms with van der Waals surface area (Å²) in [5.41, 5.74) is 10.0. The van der Waals surface area contributed by atoms with Crippen molar-refractivity contribution in [1.29, 1.82) is 0 Å². The Labute approximate surface area is 230 Å². The molecule has 4 aromatic rings. The number of azide groups is 1. The van der Waals surface area contributed by atoms with Crippen molar-refractivity contribution in [1.82, 2.24) is 9.55 Å². The highest BCUT2D eigenvalue weighted by atomic mass is 16.6. The number of rotatable bonds is 9. The lowest BCUT2D eigenvalue weighted by Gasteiger charge is -2.37. The lowest BCUT2D eigenvalue weighted by atomic mass is 9.79. The third-order valence-electron chi connectivity index (χ3n) is 7.17. The van der Waals surface area contributed by atoms with E-state index in [0.717, 1.165) is 16.7 Å². The van der Waals surface area contributed by atoms with Crippen molar-refractivity contribution >= 4 is 0 Å². The van der Waals surface area contributed by atoms with E-state index >= 15 is 0 Å². The van der Waals surface area contributed by atoms with Gasteiger partial charge in [-0.15, -0.1) is 0 Å². The molecule has 1 aromatic heterocycles. The number of ether oxygens (including phenoxy) is 3. The maximum absolute atomic E-state index is 12.6. The Morgan fingerprint density at radius 1 is 1.02 bits per heavy atom. The molecule has 10 heteroatoms. The summed E-state index contributed by atoms with van der Waals surface area (Å²) >= 11 is 0. The fourth-order valence-corrected chi connectivity index (χ4v) is 5.23. The molecule has 0 bridgehead atoms. The number of H-pyrrole nitrogens is 1. The van der Waals surface area contributed by atoms with Gasteiger partial charge >= 0.3 is 5.69 Å². The van der Waals surface area contributed by atoms with Gasteiger partial charge in [-0.1, -0.05) is 84.0 Å². The average Bonchev–Trinajstić information content (AvgIpc) is 3.39. The summed E-state index contributed by atoms with van der Waals surface area (Å²) in [4.78, 5) is 29.8. The molecule has 0 saturated carbocycles. The molecule has 0 spiro atoms. The summed E-state index contributed by atoms with van der Waals surface area (Å²) in [6, 6.07) is 26.7. The zero-order chi connectivity index (χ0) is 28.1. The number of aromatic nitrogens is 2. The van der Waals surface area contributed by atoms with Crippen molar-refractivity contribution < 1.29 is 14.2 Å². The normalized spacial score (nSPS) is 18.7. The van der Waals surface area contributed by atoms with E-state index in [1.165, 1.54) is 10.8 Å². The van der Waals surface area contributed by atoms with E-state index in [2.05, 4.69) is 15.0 Å². The van der Waals surface area contributed by atoms with Gasteiger partial charge in [0.25, 0.3) is 5.56 Å². The number of nitrogens with one attached hydrogen (secondary N) is 1. The van der Waals surface area contributed by atoms with Gasteiger partial charge in [-0.2, -0.15) is 0 Å². The molecule has 1 fully saturated rings. The number of benzene rings is 3. The molecule has 0 radical (unpaired) electrons. The van der Waals surface area contributed by atoms with Crippen LogP contribution in [0.2, 0.25) is 0 Å². The number of aromatic amines is 1. The minimum atomic E-state index is -1.11. The molecule has 1 saturated heterocycles. The molecule has 2 heterocycles. The number of nitrogens with zero attached hydrogens (tertiary/aromatic N) is 4. The smallest absolute Gasteiger partial charge is 0.330 e. The predicted octanol–water partition coefficient (Wildman–Crippen LogP) is 4.83. The molecule has 0 aliphatic carbocycles. The van der Waals surface area contributed by atoms with Crippen LogP contribution in [0.1, 0.15) is 34.9 Å². The van der Waals surface area contributed by atoms with Crippen LogP contribution in [-0.2, 0) is 15.1 Å². The Kier molecular flexibility index (Phi) is 7.84. The van der Waals surface area contributed by atoms with Gasteiger partial charge in [0.1, 0.15) is 17.6 Å². The van der Waals surface area contributed by atoms with Crippen molar-refractivity contribution in [3.63, 3.8) is 0 Å². The van der Waals surface area contributed by atoms with Crippen molar-refractivity contribution in [3.8, 4) is 5.75 Å². The first-order valence-electron chi connectivity index (χ1n) is 12.9. The van der Waals surface area contributed by atoms with Gasteiger partial charge in [0.05, 0.1) is 25.9 Å². The van der Waals surface area contributed by atoms with Gasteiger partial charge in [-0.25, -0.2) is 4.79 Å². The summed E-state index contributed by atoms with van der Waals surface area (Å²) in [5.74, 6) is 0.641. The van der Waals surface area contributed by atoms with Crippen LogP contribution >= 0.6 is 0 Å². The van der Waals surface area contributed by atoms with E-state index < -0.39 is 35.2 Å². The molecular weight excluding hydrogens is 510 g/mol. The lowest BCUT2D eigenvalue weighted by Crippen LogP contribution is -2.38. The second-order valence-electron chi connectivity index (χ2n) is 9.54. The minimum Gasteiger partial charge on any atom is -0.496 e. The first kappa shape index (κ1) is 27.0. The van der Waals surface area contributed by atoms with Gasteiger partial charge in [-0.3, -0.25) is 14.3 Å².